The second-order valence-corrected chi connectivity index (χ2v) is 33.3. The molecule has 0 amide bonds. The van der Waals surface area contributed by atoms with E-state index >= 15 is 0 Å². The molecule has 6 heterocycles. The maximum atomic E-state index is 12.8. The van der Waals surface area contributed by atoms with Crippen LogP contribution in [0.25, 0.3) is 43.2 Å². The number of thiophene rings is 2. The predicted molar refractivity (Wildman–Crippen MR) is 386 cm³/mol. The fourth-order valence-corrected chi connectivity index (χ4v) is 17.6. The van der Waals surface area contributed by atoms with E-state index in [-0.39, 0.29) is 14.7 Å². The van der Waals surface area contributed by atoms with E-state index in [9.17, 15) is 33.7 Å². The van der Waals surface area contributed by atoms with E-state index in [1.165, 1.54) is 69.1 Å². The summed E-state index contributed by atoms with van der Waals surface area (Å²) in [5.74, 6) is 0.681. The summed E-state index contributed by atoms with van der Waals surface area (Å²) in [5.41, 5.74) is 6.30. The summed E-state index contributed by atoms with van der Waals surface area (Å²) in [6.07, 6.45) is 10.8. The first-order valence-corrected chi connectivity index (χ1v) is 40.4. The number of rotatable bonds is 34. The van der Waals surface area contributed by atoms with Crippen LogP contribution in [0.3, 0.4) is 0 Å². The Morgan fingerprint density at radius 1 is 0.500 bits per heavy atom. The summed E-state index contributed by atoms with van der Waals surface area (Å²) in [5, 5.41) is 24.0. The number of thiazole rings is 3. The van der Waals surface area contributed by atoms with Crippen LogP contribution in [0.5, 0.6) is 11.5 Å². The molecule has 504 valence electrons. The summed E-state index contributed by atoms with van der Waals surface area (Å²) in [6.45, 7) is 7.24. The maximum Gasteiger partial charge on any atom is 0.278 e. The molecule has 0 fully saturated rings. The van der Waals surface area contributed by atoms with Gasteiger partial charge in [0.25, 0.3) is 20.2 Å². The number of hydrogen-bond donors (Lipinski definition) is 6. The fraction of sp³-hybridized carbons (Fsp3) is 0.328. The molecule has 4 aromatic carbocycles. The molecule has 6 aromatic heterocycles. The van der Waals surface area contributed by atoms with Gasteiger partial charge in [0.2, 0.25) is 20.0 Å². The van der Waals surface area contributed by atoms with Crippen LogP contribution in [-0.2, 0) is 40.3 Å². The van der Waals surface area contributed by atoms with E-state index in [4.69, 9.17) is 14.5 Å². The van der Waals surface area contributed by atoms with Crippen LogP contribution in [0.15, 0.2) is 163 Å². The topological polar surface area (TPSA) is 274 Å². The van der Waals surface area contributed by atoms with Crippen LogP contribution in [-0.4, -0.2) is 124 Å². The van der Waals surface area contributed by atoms with Crippen molar-refractivity contribution in [3.05, 3.63) is 160 Å². The molecule has 0 bridgehead atoms. The summed E-state index contributed by atoms with van der Waals surface area (Å²) >= 11 is 8.09. The zero-order chi connectivity index (χ0) is 67.1. The summed E-state index contributed by atoms with van der Waals surface area (Å²) in [6, 6.07) is 32.8. The first-order valence-electron chi connectivity index (χ1n) is 30.2. The number of ether oxygens (including phenoxy) is 2. The van der Waals surface area contributed by atoms with Crippen molar-refractivity contribution in [2.45, 2.75) is 86.3 Å². The lowest BCUT2D eigenvalue weighted by atomic mass is 10.2. The molecule has 0 unspecified atom stereocenters. The second kappa shape index (κ2) is 35.4. The van der Waals surface area contributed by atoms with Gasteiger partial charge in [0.05, 0.1) is 41.1 Å². The molecule has 21 nitrogen and oxygen atoms in total. The summed E-state index contributed by atoms with van der Waals surface area (Å²) in [4.78, 5) is 15.6. The number of sulfonamides is 2. The van der Waals surface area contributed by atoms with Crippen LogP contribution < -0.4 is 39.6 Å². The van der Waals surface area contributed by atoms with Crippen molar-refractivity contribution < 1.29 is 43.1 Å². The predicted octanol–water partition coefficient (Wildman–Crippen LogP) is 13.5. The van der Waals surface area contributed by atoms with Crippen molar-refractivity contribution in [2.75, 3.05) is 83.5 Å². The Morgan fingerprint density at radius 2 is 0.979 bits per heavy atom. The van der Waals surface area contributed by atoms with Crippen molar-refractivity contribution in [1.82, 2.24) is 37.4 Å². The minimum absolute atomic E-state index is 0.147. The van der Waals surface area contributed by atoms with E-state index in [1.54, 1.807) is 112 Å². The highest BCUT2D eigenvalue weighted by Crippen LogP contribution is 2.35. The normalized spacial score (nSPS) is 11.9. The van der Waals surface area contributed by atoms with Crippen molar-refractivity contribution in [3.63, 3.8) is 0 Å². The van der Waals surface area contributed by atoms with Gasteiger partial charge in [0, 0.05) is 103 Å². The minimum Gasteiger partial charge on any atom is -0.495 e. The zero-order valence-electron chi connectivity index (χ0n) is 53.0. The Morgan fingerprint density at radius 3 is 1.48 bits per heavy atom. The van der Waals surface area contributed by atoms with Crippen molar-refractivity contribution in [3.8, 4) is 44.6 Å². The molecule has 10 rings (SSSR count). The monoisotopic (exact) mass is 1450 g/mol. The van der Waals surface area contributed by atoms with Crippen molar-refractivity contribution in [1.29, 1.82) is 0 Å². The Labute approximate surface area is 572 Å². The van der Waals surface area contributed by atoms with Crippen LogP contribution in [0, 0.1) is 13.8 Å². The Kier molecular flexibility index (Phi) is 27.5. The highest BCUT2D eigenvalue weighted by Gasteiger charge is 2.22. The minimum atomic E-state index is -3.65. The lowest BCUT2D eigenvalue weighted by Gasteiger charge is -2.12. The van der Waals surface area contributed by atoms with E-state index < -0.39 is 40.3 Å². The van der Waals surface area contributed by atoms with Gasteiger partial charge in [0.1, 0.15) is 21.3 Å². The third-order valence-electron chi connectivity index (χ3n) is 14.2. The Balaban J connectivity index is 0.000000186. The molecule has 0 saturated heterocycles. The van der Waals surface area contributed by atoms with Crippen molar-refractivity contribution >= 4 is 122 Å². The van der Waals surface area contributed by atoms with Gasteiger partial charge in [-0.1, -0.05) is 67.8 Å². The third kappa shape index (κ3) is 21.4. The average Bonchev–Trinajstić information content (AvgIpc) is 1.21. The summed E-state index contributed by atoms with van der Waals surface area (Å²) < 4.78 is 121. The Bertz CT molecular complexity index is 4420. The SMILES string of the molecule is CN(C)S(=O)(=O)NCCCCCNc1nc(-c2ccsc2)cs1.COc1ccc(C)cc1S(=O)(=O)NCCCCCNc1nc(-c2cc3ccccc3s2)cs1.COc1ccc(C)cc1S(=O)(=O)NCCCCCNc1nc(-c2ccn(S(=O)(=O)c3ccccc3)c2)cs1. The number of aromatic nitrogens is 4. The lowest BCUT2D eigenvalue weighted by Crippen LogP contribution is -2.36. The number of fused-ring (bicyclic) bond motifs is 1. The molecule has 0 aliphatic rings. The zero-order valence-corrected chi connectivity index (χ0v) is 60.4. The molecule has 10 aromatic rings. The van der Waals surface area contributed by atoms with Crippen LogP contribution >= 0.6 is 56.7 Å². The van der Waals surface area contributed by atoms with Gasteiger partial charge in [0.15, 0.2) is 15.4 Å². The number of nitrogens with zero attached hydrogens (tertiary/aromatic N) is 5. The molecule has 30 heteroatoms. The fourth-order valence-electron chi connectivity index (χ4n) is 9.11. The molecule has 0 saturated carbocycles. The van der Waals surface area contributed by atoms with Crippen molar-refractivity contribution in [2.24, 2.45) is 0 Å². The average molecular weight is 1450 g/mol. The van der Waals surface area contributed by atoms with E-state index in [0.717, 1.165) is 108 Å². The van der Waals surface area contributed by atoms with E-state index in [2.05, 4.69) is 92.6 Å². The number of benzene rings is 4. The van der Waals surface area contributed by atoms with E-state index in [0.29, 0.717) is 55.4 Å². The Hall–Kier alpha value is -6.65. The first-order chi connectivity index (χ1) is 45.1. The third-order valence-corrected chi connectivity index (χ3v) is 24.6. The van der Waals surface area contributed by atoms with Crippen LogP contribution in [0.4, 0.5) is 15.4 Å². The van der Waals surface area contributed by atoms with Crippen LogP contribution in [0.1, 0.15) is 68.9 Å². The molecule has 0 radical (unpaired) electrons. The van der Waals surface area contributed by atoms with Gasteiger partial charge >= 0.3 is 0 Å². The number of aryl methyl sites for hydroxylation is 2. The lowest BCUT2D eigenvalue weighted by molar-refractivity contribution is 0.402. The second-order valence-electron chi connectivity index (χ2n) is 21.6. The molecular formula is C64H79N11O10S9. The smallest absolute Gasteiger partial charge is 0.278 e. The molecule has 0 atom stereocenters. The molecule has 94 heavy (non-hydrogen) atoms. The van der Waals surface area contributed by atoms with Gasteiger partial charge in [-0.15, -0.1) is 45.3 Å². The number of unbranched alkanes of at least 4 members (excludes halogenated alkanes) is 6. The molecular weight excluding hydrogens is 1370 g/mol. The van der Waals surface area contributed by atoms with Gasteiger partial charge < -0.3 is 25.4 Å². The van der Waals surface area contributed by atoms with Gasteiger partial charge in [-0.3, -0.25) is 0 Å². The molecule has 0 aliphatic heterocycles. The first kappa shape index (κ1) is 73.2. The van der Waals surface area contributed by atoms with Gasteiger partial charge in [-0.25, -0.2) is 58.3 Å². The van der Waals surface area contributed by atoms with E-state index in [1.807, 2.05) is 36.7 Å². The molecule has 0 aliphatic carbocycles. The number of hydrogen-bond acceptors (Lipinski definition) is 21. The van der Waals surface area contributed by atoms with Crippen LogP contribution in [0.2, 0.25) is 0 Å². The number of methoxy groups -OCH3 is 2. The molecule has 6 N–H and O–H groups in total. The largest absolute Gasteiger partial charge is 0.495 e. The number of anilines is 3. The standard InChI is InChI=1S/C26H30N4O5S3.C24H27N3O3S3.C14H22N4O2S3/c1-20-11-12-24(35-2)25(17-20)37(31,32)28-15-8-4-7-14-27-26-29-23(19-36-26)21-13-16-30(18-21)38(33,34)22-9-5-3-6-10-22;1-17-10-11-20(30-2)23(14-17)33(28,29)26-13-7-3-6-12-25-24-27-19(16-31-24)22-15-18-8-4-5-9-21(18)32-22;1-18(2)23(19,20)16-8-5-3-4-7-15-14-17-13(11-22-14)12-6-9-21-10-12/h3,5-6,9-13,16-19,28H,4,7-8,14-15H2,1-2H3,(H,27,29);4-5,8-11,14-16,26H,3,6-7,12-13H2,1-2H3,(H,25,27);6,9-11,16H,3-5,7-8H2,1-2H3,(H,15,17). The maximum absolute atomic E-state index is 12.8. The van der Waals surface area contributed by atoms with Gasteiger partial charge in [-0.05, 0) is 135 Å². The van der Waals surface area contributed by atoms with Gasteiger partial charge in [-0.2, -0.15) is 24.1 Å². The molecule has 0 spiro atoms. The summed E-state index contributed by atoms with van der Waals surface area (Å²) in [7, 11) is -8.21. The highest BCUT2D eigenvalue weighted by molar-refractivity contribution is 7.90. The quantitative estimate of drug-likeness (QED) is 0.0205. The number of nitrogens with one attached hydrogen (secondary N) is 6. The highest BCUT2D eigenvalue weighted by atomic mass is 32.2.